The van der Waals surface area contributed by atoms with Crippen molar-refractivity contribution >= 4 is 5.91 Å². The first-order valence-electron chi connectivity index (χ1n) is 6.31. The van der Waals surface area contributed by atoms with Crippen LogP contribution < -0.4 is 11.1 Å². The van der Waals surface area contributed by atoms with Crippen LogP contribution in [0.3, 0.4) is 0 Å². The quantitative estimate of drug-likeness (QED) is 0.771. The molecular weight excluding hydrogens is 200 g/mol. The highest BCUT2D eigenvalue weighted by molar-refractivity contribution is 5.76. The molecule has 0 radical (unpaired) electrons. The molecule has 94 valence electrons. The fourth-order valence-electron chi connectivity index (χ4n) is 2.50. The van der Waals surface area contributed by atoms with Gasteiger partial charge in [-0.15, -0.1) is 0 Å². The van der Waals surface area contributed by atoms with E-state index in [-0.39, 0.29) is 5.91 Å². The zero-order valence-electron chi connectivity index (χ0n) is 11.0. The molecule has 3 nitrogen and oxygen atoms in total. The SMILES string of the molecule is CC(CC(=O)NC1CC(N)C1)CC(C)(C)C. The maximum absolute atomic E-state index is 11.7. The summed E-state index contributed by atoms with van der Waals surface area (Å²) < 4.78 is 0. The Kier molecular flexibility index (Phi) is 4.36. The number of rotatable bonds is 4. The lowest BCUT2D eigenvalue weighted by Gasteiger charge is -2.33. The maximum Gasteiger partial charge on any atom is 0.220 e. The van der Waals surface area contributed by atoms with Crippen LogP contribution in [0.25, 0.3) is 0 Å². The Balaban J connectivity index is 2.18. The lowest BCUT2D eigenvalue weighted by Crippen LogP contribution is -2.50. The summed E-state index contributed by atoms with van der Waals surface area (Å²) in [5, 5.41) is 3.04. The summed E-state index contributed by atoms with van der Waals surface area (Å²) in [7, 11) is 0. The molecule has 0 saturated heterocycles. The van der Waals surface area contributed by atoms with Crippen molar-refractivity contribution in [3.8, 4) is 0 Å². The standard InChI is InChI=1S/C13H26N2O/c1-9(8-13(2,3)4)5-12(16)15-11-6-10(14)7-11/h9-11H,5-8,14H2,1-4H3,(H,15,16). The van der Waals surface area contributed by atoms with E-state index < -0.39 is 0 Å². The van der Waals surface area contributed by atoms with Gasteiger partial charge in [-0.25, -0.2) is 0 Å². The fourth-order valence-corrected chi connectivity index (χ4v) is 2.50. The van der Waals surface area contributed by atoms with Crippen LogP contribution in [0, 0.1) is 11.3 Å². The molecule has 0 aromatic rings. The van der Waals surface area contributed by atoms with E-state index >= 15 is 0 Å². The number of hydrogen-bond donors (Lipinski definition) is 2. The smallest absolute Gasteiger partial charge is 0.220 e. The van der Waals surface area contributed by atoms with Gasteiger partial charge in [0.2, 0.25) is 5.91 Å². The predicted molar refractivity (Wildman–Crippen MR) is 67.0 cm³/mol. The summed E-state index contributed by atoms with van der Waals surface area (Å²) in [4.78, 5) is 11.7. The lowest BCUT2D eigenvalue weighted by atomic mass is 9.83. The molecule has 1 amide bonds. The third kappa shape index (κ3) is 4.97. The Morgan fingerprint density at radius 1 is 1.44 bits per heavy atom. The van der Waals surface area contributed by atoms with Crippen LogP contribution in [0.2, 0.25) is 0 Å². The Bertz CT molecular complexity index is 239. The van der Waals surface area contributed by atoms with Crippen molar-refractivity contribution in [3.63, 3.8) is 0 Å². The van der Waals surface area contributed by atoms with Crippen LogP contribution in [-0.2, 0) is 4.79 Å². The van der Waals surface area contributed by atoms with Crippen molar-refractivity contribution in [1.29, 1.82) is 0 Å². The molecule has 1 atom stereocenters. The zero-order chi connectivity index (χ0) is 12.3. The van der Waals surface area contributed by atoms with E-state index in [1.165, 1.54) is 0 Å². The first-order valence-corrected chi connectivity index (χ1v) is 6.31. The minimum atomic E-state index is 0.189. The van der Waals surface area contributed by atoms with E-state index in [2.05, 4.69) is 33.0 Å². The van der Waals surface area contributed by atoms with E-state index in [1.54, 1.807) is 0 Å². The van der Waals surface area contributed by atoms with Crippen molar-refractivity contribution in [3.05, 3.63) is 0 Å². The summed E-state index contributed by atoms with van der Waals surface area (Å²) in [5.74, 6) is 0.641. The van der Waals surface area contributed by atoms with E-state index in [4.69, 9.17) is 5.73 Å². The molecule has 1 unspecified atom stereocenters. The Labute approximate surface area is 99.2 Å². The van der Waals surface area contributed by atoms with Crippen molar-refractivity contribution in [1.82, 2.24) is 5.32 Å². The van der Waals surface area contributed by atoms with Crippen molar-refractivity contribution in [2.24, 2.45) is 17.1 Å². The number of carbonyl (C=O) groups excluding carboxylic acids is 1. The second kappa shape index (κ2) is 5.17. The second-order valence-electron chi connectivity index (χ2n) is 6.57. The topological polar surface area (TPSA) is 55.1 Å². The molecule has 3 heteroatoms. The third-order valence-electron chi connectivity index (χ3n) is 3.03. The van der Waals surface area contributed by atoms with Crippen LogP contribution in [0.5, 0.6) is 0 Å². The normalized spacial score (nSPS) is 27.1. The molecule has 3 N–H and O–H groups in total. The van der Waals surface area contributed by atoms with Gasteiger partial charge in [0, 0.05) is 18.5 Å². The number of nitrogens with two attached hydrogens (primary N) is 1. The van der Waals surface area contributed by atoms with Gasteiger partial charge in [-0.1, -0.05) is 27.7 Å². The van der Waals surface area contributed by atoms with Gasteiger partial charge >= 0.3 is 0 Å². The molecule has 1 rings (SSSR count). The predicted octanol–water partition coefficient (Wildman–Crippen LogP) is 2.05. The van der Waals surface area contributed by atoms with E-state index in [1.807, 2.05) is 0 Å². The summed E-state index contributed by atoms with van der Waals surface area (Å²) >= 11 is 0. The van der Waals surface area contributed by atoms with Gasteiger partial charge in [0.05, 0.1) is 0 Å². The summed E-state index contributed by atoms with van der Waals surface area (Å²) in [6, 6.07) is 0.640. The van der Waals surface area contributed by atoms with Crippen molar-refractivity contribution < 1.29 is 4.79 Å². The lowest BCUT2D eigenvalue weighted by molar-refractivity contribution is -0.123. The van der Waals surface area contributed by atoms with Gasteiger partial charge in [-0.05, 0) is 30.6 Å². The van der Waals surface area contributed by atoms with Gasteiger partial charge in [-0.3, -0.25) is 4.79 Å². The molecule has 0 aromatic heterocycles. The minimum absolute atomic E-state index is 0.189. The largest absolute Gasteiger partial charge is 0.353 e. The van der Waals surface area contributed by atoms with Gasteiger partial charge in [0.25, 0.3) is 0 Å². The average molecular weight is 226 g/mol. The van der Waals surface area contributed by atoms with Gasteiger partial charge in [-0.2, -0.15) is 0 Å². The first-order chi connectivity index (χ1) is 7.26. The van der Waals surface area contributed by atoms with Crippen LogP contribution >= 0.6 is 0 Å². The molecular formula is C13H26N2O. The van der Waals surface area contributed by atoms with Gasteiger partial charge in [0.1, 0.15) is 0 Å². The fraction of sp³-hybridized carbons (Fsp3) is 0.923. The molecule has 0 spiro atoms. The third-order valence-corrected chi connectivity index (χ3v) is 3.03. The zero-order valence-corrected chi connectivity index (χ0v) is 11.0. The molecule has 0 heterocycles. The Morgan fingerprint density at radius 2 is 2.00 bits per heavy atom. The first kappa shape index (κ1) is 13.5. The minimum Gasteiger partial charge on any atom is -0.353 e. The summed E-state index contributed by atoms with van der Waals surface area (Å²) in [6.07, 6.45) is 3.62. The highest BCUT2D eigenvalue weighted by atomic mass is 16.1. The average Bonchev–Trinajstić information content (AvgIpc) is 1.96. The molecule has 1 aliphatic carbocycles. The molecule has 0 aliphatic heterocycles. The van der Waals surface area contributed by atoms with Gasteiger partial charge < -0.3 is 11.1 Å². The molecule has 1 fully saturated rings. The van der Waals surface area contributed by atoms with Crippen LogP contribution in [0.4, 0.5) is 0 Å². The van der Waals surface area contributed by atoms with E-state index in [0.29, 0.717) is 29.8 Å². The Morgan fingerprint density at radius 3 is 2.44 bits per heavy atom. The second-order valence-corrected chi connectivity index (χ2v) is 6.57. The van der Waals surface area contributed by atoms with Crippen LogP contribution in [0.15, 0.2) is 0 Å². The molecule has 0 bridgehead atoms. The van der Waals surface area contributed by atoms with Crippen molar-refractivity contribution in [2.45, 2.75) is 65.5 Å². The van der Waals surface area contributed by atoms with Gasteiger partial charge in [0.15, 0.2) is 0 Å². The van der Waals surface area contributed by atoms with E-state index in [0.717, 1.165) is 19.3 Å². The molecule has 1 saturated carbocycles. The monoisotopic (exact) mass is 226 g/mol. The summed E-state index contributed by atoms with van der Waals surface area (Å²) in [6.45, 7) is 8.79. The van der Waals surface area contributed by atoms with Crippen molar-refractivity contribution in [2.75, 3.05) is 0 Å². The number of amides is 1. The number of hydrogen-bond acceptors (Lipinski definition) is 2. The van der Waals surface area contributed by atoms with Crippen LogP contribution in [-0.4, -0.2) is 18.0 Å². The molecule has 16 heavy (non-hydrogen) atoms. The highest BCUT2D eigenvalue weighted by Gasteiger charge is 2.27. The molecule has 0 aromatic carbocycles. The molecule has 1 aliphatic rings. The van der Waals surface area contributed by atoms with E-state index in [9.17, 15) is 4.79 Å². The van der Waals surface area contributed by atoms with Crippen LogP contribution in [0.1, 0.15) is 53.4 Å². The highest BCUT2D eigenvalue weighted by Crippen LogP contribution is 2.26. The summed E-state index contributed by atoms with van der Waals surface area (Å²) in [5.41, 5.74) is 5.98. The number of nitrogens with one attached hydrogen (secondary N) is 1. The maximum atomic E-state index is 11.7. The number of carbonyl (C=O) groups is 1. The Hall–Kier alpha value is -0.570.